The van der Waals surface area contributed by atoms with E-state index in [0.717, 1.165) is 6.42 Å². The van der Waals surface area contributed by atoms with Gasteiger partial charge in [-0.3, -0.25) is 4.99 Å². The van der Waals surface area contributed by atoms with Crippen LogP contribution < -0.4 is 0 Å². The van der Waals surface area contributed by atoms with Crippen molar-refractivity contribution in [2.45, 2.75) is 33.2 Å². The Balaban J connectivity index is 2.17. The Hall–Kier alpha value is -1.37. The Labute approximate surface area is 97.9 Å². The van der Waals surface area contributed by atoms with Crippen LogP contribution >= 0.6 is 0 Å². The maximum atomic E-state index is 4.62. The van der Waals surface area contributed by atoms with Crippen LogP contribution in [0.5, 0.6) is 0 Å². The second-order valence-corrected chi connectivity index (χ2v) is 4.85. The lowest BCUT2D eigenvalue weighted by Crippen LogP contribution is -2.15. The van der Waals surface area contributed by atoms with Gasteiger partial charge in [-0.1, -0.05) is 49.8 Å². The molecule has 1 aromatic carbocycles. The molecule has 0 amide bonds. The van der Waals surface area contributed by atoms with E-state index in [2.05, 4.69) is 56.1 Å². The molecule has 0 saturated carbocycles. The zero-order valence-electron chi connectivity index (χ0n) is 10.3. The van der Waals surface area contributed by atoms with Crippen molar-refractivity contribution in [3.63, 3.8) is 0 Å². The molecule has 0 saturated heterocycles. The van der Waals surface area contributed by atoms with E-state index in [1.54, 1.807) is 0 Å². The zero-order chi connectivity index (χ0) is 11.5. The fraction of sp³-hybridized carbons (Fsp3) is 0.400. The number of hydrogen-bond acceptors (Lipinski definition) is 1. The zero-order valence-corrected chi connectivity index (χ0v) is 10.3. The molecule has 0 aromatic heterocycles. The molecule has 1 aromatic rings. The molecule has 0 radical (unpaired) electrons. The van der Waals surface area contributed by atoms with Gasteiger partial charge in [0.1, 0.15) is 0 Å². The quantitative estimate of drug-likeness (QED) is 0.707. The summed E-state index contributed by atoms with van der Waals surface area (Å²) in [6.07, 6.45) is 5.41. The van der Waals surface area contributed by atoms with Crippen LogP contribution in [0, 0.1) is 12.8 Å². The number of aryl methyl sites for hydroxylation is 1. The van der Waals surface area contributed by atoms with Gasteiger partial charge in [0.15, 0.2) is 0 Å². The first kappa shape index (κ1) is 11.1. The Bertz CT molecular complexity index is 427. The molecule has 16 heavy (non-hydrogen) atoms. The molecule has 0 fully saturated rings. The SMILES string of the molecule is Cc1cccc(C2=CCC(C(C)C)N=C2)c1. The number of nitrogens with zero attached hydrogens (tertiary/aromatic N) is 1. The van der Waals surface area contributed by atoms with E-state index >= 15 is 0 Å². The van der Waals surface area contributed by atoms with E-state index in [1.807, 2.05) is 6.21 Å². The first-order chi connectivity index (χ1) is 7.66. The molecule has 1 unspecified atom stereocenters. The summed E-state index contributed by atoms with van der Waals surface area (Å²) in [5.74, 6) is 0.631. The molecule has 2 rings (SSSR count). The van der Waals surface area contributed by atoms with Gasteiger partial charge in [-0.2, -0.15) is 0 Å². The van der Waals surface area contributed by atoms with Crippen molar-refractivity contribution in [3.05, 3.63) is 41.5 Å². The average Bonchev–Trinajstić information content (AvgIpc) is 2.29. The molecule has 1 atom stereocenters. The fourth-order valence-electron chi connectivity index (χ4n) is 2.00. The molecule has 0 spiro atoms. The van der Waals surface area contributed by atoms with E-state index in [9.17, 15) is 0 Å². The second kappa shape index (κ2) is 4.65. The molecule has 0 aliphatic carbocycles. The number of benzene rings is 1. The minimum Gasteiger partial charge on any atom is -0.289 e. The van der Waals surface area contributed by atoms with Crippen LogP contribution in [0.2, 0.25) is 0 Å². The maximum absolute atomic E-state index is 4.62. The maximum Gasteiger partial charge on any atom is 0.0557 e. The third kappa shape index (κ3) is 2.41. The van der Waals surface area contributed by atoms with Gasteiger partial charge >= 0.3 is 0 Å². The van der Waals surface area contributed by atoms with Crippen LogP contribution in [-0.2, 0) is 0 Å². The summed E-state index contributed by atoms with van der Waals surface area (Å²) in [6.45, 7) is 6.59. The van der Waals surface area contributed by atoms with Gasteiger partial charge < -0.3 is 0 Å². The van der Waals surface area contributed by atoms with E-state index in [4.69, 9.17) is 0 Å². The van der Waals surface area contributed by atoms with E-state index in [1.165, 1.54) is 16.7 Å². The third-order valence-electron chi connectivity index (χ3n) is 3.11. The van der Waals surface area contributed by atoms with Crippen molar-refractivity contribution in [3.8, 4) is 0 Å². The number of rotatable bonds is 2. The fourth-order valence-corrected chi connectivity index (χ4v) is 2.00. The number of hydrogen-bond donors (Lipinski definition) is 0. The van der Waals surface area contributed by atoms with Gasteiger partial charge in [-0.25, -0.2) is 0 Å². The van der Waals surface area contributed by atoms with Gasteiger partial charge in [0, 0.05) is 6.21 Å². The molecule has 0 bridgehead atoms. The number of aliphatic imine (C=N–C) groups is 1. The molecule has 0 N–H and O–H groups in total. The summed E-state index contributed by atoms with van der Waals surface area (Å²) >= 11 is 0. The summed E-state index contributed by atoms with van der Waals surface area (Å²) in [5, 5.41) is 0. The van der Waals surface area contributed by atoms with Crippen LogP contribution in [0.1, 0.15) is 31.4 Å². The van der Waals surface area contributed by atoms with E-state index in [0.29, 0.717) is 12.0 Å². The third-order valence-corrected chi connectivity index (χ3v) is 3.11. The van der Waals surface area contributed by atoms with E-state index in [-0.39, 0.29) is 0 Å². The summed E-state index contributed by atoms with van der Waals surface area (Å²) in [4.78, 5) is 4.62. The highest BCUT2D eigenvalue weighted by molar-refractivity contribution is 6.10. The smallest absolute Gasteiger partial charge is 0.0557 e. The van der Waals surface area contributed by atoms with Crippen LogP contribution in [0.15, 0.2) is 35.3 Å². The lowest BCUT2D eigenvalue weighted by atomic mass is 9.95. The van der Waals surface area contributed by atoms with Gasteiger partial charge in [-0.15, -0.1) is 0 Å². The van der Waals surface area contributed by atoms with Crippen molar-refractivity contribution in [1.82, 2.24) is 0 Å². The molecule has 1 nitrogen and oxygen atoms in total. The molecule has 1 aliphatic heterocycles. The average molecular weight is 213 g/mol. The predicted molar refractivity (Wildman–Crippen MR) is 70.9 cm³/mol. The molecule has 1 aliphatic rings. The topological polar surface area (TPSA) is 12.4 Å². The molecular weight excluding hydrogens is 194 g/mol. The lowest BCUT2D eigenvalue weighted by Gasteiger charge is -2.19. The minimum atomic E-state index is 0.466. The Morgan fingerprint density at radius 2 is 2.12 bits per heavy atom. The molecule has 84 valence electrons. The summed E-state index contributed by atoms with van der Waals surface area (Å²) in [6, 6.07) is 9.07. The molecular formula is C15H19N. The summed E-state index contributed by atoms with van der Waals surface area (Å²) < 4.78 is 0. The van der Waals surface area contributed by atoms with Crippen LogP contribution in [0.25, 0.3) is 5.57 Å². The van der Waals surface area contributed by atoms with Crippen molar-refractivity contribution in [1.29, 1.82) is 0 Å². The van der Waals surface area contributed by atoms with Gasteiger partial charge in [0.05, 0.1) is 6.04 Å². The van der Waals surface area contributed by atoms with Crippen molar-refractivity contribution < 1.29 is 0 Å². The van der Waals surface area contributed by atoms with Crippen LogP contribution in [-0.4, -0.2) is 12.3 Å². The first-order valence-electron chi connectivity index (χ1n) is 5.97. The molecule has 1 heteroatoms. The Morgan fingerprint density at radius 1 is 1.31 bits per heavy atom. The van der Waals surface area contributed by atoms with Crippen LogP contribution in [0.4, 0.5) is 0 Å². The Kier molecular flexibility index (Phi) is 3.23. The lowest BCUT2D eigenvalue weighted by molar-refractivity contribution is 0.500. The van der Waals surface area contributed by atoms with Crippen molar-refractivity contribution in [2.75, 3.05) is 0 Å². The molecule has 1 heterocycles. The normalized spacial score (nSPS) is 20.0. The highest BCUT2D eigenvalue weighted by atomic mass is 14.8. The summed E-state index contributed by atoms with van der Waals surface area (Å²) in [7, 11) is 0. The van der Waals surface area contributed by atoms with Gasteiger partial charge in [-0.05, 0) is 30.4 Å². The van der Waals surface area contributed by atoms with Crippen molar-refractivity contribution in [2.24, 2.45) is 10.9 Å². The largest absolute Gasteiger partial charge is 0.289 e. The number of allylic oxidation sites excluding steroid dienone is 1. The highest BCUT2D eigenvalue weighted by Gasteiger charge is 2.14. The predicted octanol–water partition coefficient (Wildman–Crippen LogP) is 3.88. The first-order valence-corrected chi connectivity index (χ1v) is 5.97. The second-order valence-electron chi connectivity index (χ2n) is 4.85. The standard InChI is InChI=1S/C15H19N/c1-11(2)15-8-7-14(10-16-15)13-6-4-5-12(3)9-13/h4-7,9-11,15H,8H2,1-3H3. The van der Waals surface area contributed by atoms with Crippen LogP contribution in [0.3, 0.4) is 0 Å². The highest BCUT2D eigenvalue weighted by Crippen LogP contribution is 2.22. The monoisotopic (exact) mass is 213 g/mol. The van der Waals surface area contributed by atoms with Gasteiger partial charge in [0.25, 0.3) is 0 Å². The number of dihydropyridines is 1. The van der Waals surface area contributed by atoms with E-state index < -0.39 is 0 Å². The summed E-state index contributed by atoms with van der Waals surface area (Å²) in [5.41, 5.74) is 3.85. The minimum absolute atomic E-state index is 0.466. The Morgan fingerprint density at radius 3 is 2.69 bits per heavy atom. The van der Waals surface area contributed by atoms with Crippen molar-refractivity contribution >= 4 is 11.8 Å². The van der Waals surface area contributed by atoms with Gasteiger partial charge in [0.2, 0.25) is 0 Å².